The van der Waals surface area contributed by atoms with Crippen LogP contribution in [0.25, 0.3) is 0 Å². The fraction of sp³-hybridized carbons (Fsp3) is 0.188. The van der Waals surface area contributed by atoms with Crippen LogP contribution in [-0.4, -0.2) is 34.7 Å². The second-order valence-corrected chi connectivity index (χ2v) is 9.89. The number of hydrogen-bond acceptors (Lipinski definition) is 5. The largest absolute Gasteiger partial charge is 0.344 e. The number of nitrogens with one attached hydrogen (secondary N) is 1. The van der Waals surface area contributed by atoms with Gasteiger partial charge in [0.05, 0.1) is 6.54 Å². The highest BCUT2D eigenvalue weighted by atomic mass is 19.1. The SMILES string of the molecule is N[C@@H](CC(=O)NC1Cc2cccnc2N(Cc2ccc(C(=O)c3ccccc3)cc2)C1=O)Cc1ccccc1F. The number of carbonyl (C=O) groups is 3. The molecule has 0 saturated carbocycles. The van der Waals surface area contributed by atoms with E-state index >= 15 is 0 Å². The number of hydrogen-bond donors (Lipinski definition) is 2. The summed E-state index contributed by atoms with van der Waals surface area (Å²) in [4.78, 5) is 45.1. The summed E-state index contributed by atoms with van der Waals surface area (Å²) >= 11 is 0. The molecule has 0 aliphatic carbocycles. The first-order chi connectivity index (χ1) is 19.4. The van der Waals surface area contributed by atoms with Crippen molar-refractivity contribution >= 4 is 23.4 Å². The summed E-state index contributed by atoms with van der Waals surface area (Å²) in [5, 5.41) is 2.82. The number of aromatic nitrogens is 1. The maximum absolute atomic E-state index is 14.0. The van der Waals surface area contributed by atoms with Crippen LogP contribution < -0.4 is 16.0 Å². The van der Waals surface area contributed by atoms with E-state index in [0.29, 0.717) is 28.9 Å². The highest BCUT2D eigenvalue weighted by Gasteiger charge is 2.35. The van der Waals surface area contributed by atoms with E-state index in [9.17, 15) is 18.8 Å². The van der Waals surface area contributed by atoms with Gasteiger partial charge >= 0.3 is 0 Å². The lowest BCUT2D eigenvalue weighted by Gasteiger charge is -2.33. The number of nitrogens with zero attached hydrogens (tertiary/aromatic N) is 2. The summed E-state index contributed by atoms with van der Waals surface area (Å²) in [7, 11) is 0. The van der Waals surface area contributed by atoms with Crippen LogP contribution in [0.4, 0.5) is 10.2 Å². The molecule has 0 bridgehead atoms. The minimum absolute atomic E-state index is 0.0467. The van der Waals surface area contributed by atoms with Gasteiger partial charge in [0, 0.05) is 36.2 Å². The van der Waals surface area contributed by atoms with Gasteiger partial charge in [0.2, 0.25) is 5.91 Å². The van der Waals surface area contributed by atoms with E-state index in [1.165, 1.54) is 6.07 Å². The number of ketones is 1. The first-order valence-electron chi connectivity index (χ1n) is 13.1. The van der Waals surface area contributed by atoms with Crippen molar-refractivity contribution in [2.75, 3.05) is 4.90 Å². The molecule has 1 unspecified atom stereocenters. The molecule has 0 fully saturated rings. The monoisotopic (exact) mass is 536 g/mol. The average molecular weight is 537 g/mol. The number of rotatable bonds is 9. The Morgan fingerprint density at radius 3 is 2.40 bits per heavy atom. The topological polar surface area (TPSA) is 105 Å². The summed E-state index contributed by atoms with van der Waals surface area (Å²) in [6.45, 7) is 0.224. The predicted molar refractivity (Wildman–Crippen MR) is 150 cm³/mol. The van der Waals surface area contributed by atoms with Gasteiger partial charge in [-0.2, -0.15) is 0 Å². The van der Waals surface area contributed by atoms with E-state index in [1.807, 2.05) is 36.4 Å². The molecule has 2 heterocycles. The molecule has 0 saturated heterocycles. The minimum atomic E-state index is -0.788. The van der Waals surface area contributed by atoms with Crippen molar-refractivity contribution in [3.05, 3.63) is 131 Å². The van der Waals surface area contributed by atoms with Crippen LogP contribution in [0.5, 0.6) is 0 Å². The standard InChI is InChI=1S/C32H29FN4O3/c33-27-11-5-4-9-24(27)17-26(34)19-29(38)36-28-18-25-10-6-16-35-31(25)37(32(28)40)20-21-12-14-23(15-13-21)30(39)22-7-2-1-3-8-22/h1-16,26,28H,17-20,34H2,(H,36,38)/t26-,28?/m1/s1. The Labute approximate surface area is 231 Å². The Morgan fingerprint density at radius 1 is 0.950 bits per heavy atom. The molecular weight excluding hydrogens is 507 g/mol. The summed E-state index contributed by atoms with van der Waals surface area (Å²) in [5.41, 5.74) is 9.38. The van der Waals surface area contributed by atoms with E-state index in [2.05, 4.69) is 10.3 Å². The average Bonchev–Trinajstić information content (AvgIpc) is 2.97. The molecule has 1 aliphatic rings. The van der Waals surface area contributed by atoms with Gasteiger partial charge in [-0.15, -0.1) is 0 Å². The zero-order chi connectivity index (χ0) is 28.1. The molecule has 3 N–H and O–H groups in total. The number of halogens is 1. The molecule has 1 aliphatic heterocycles. The van der Waals surface area contributed by atoms with Crippen LogP contribution in [0.1, 0.15) is 39.0 Å². The van der Waals surface area contributed by atoms with E-state index in [-0.39, 0.29) is 42.8 Å². The molecule has 7 nitrogen and oxygen atoms in total. The number of pyridine rings is 1. The third-order valence-corrected chi connectivity index (χ3v) is 6.93. The van der Waals surface area contributed by atoms with Gasteiger partial charge in [-0.25, -0.2) is 9.37 Å². The van der Waals surface area contributed by atoms with Crippen molar-refractivity contribution < 1.29 is 18.8 Å². The highest BCUT2D eigenvalue weighted by Crippen LogP contribution is 2.27. The summed E-state index contributed by atoms with van der Waals surface area (Å²) in [6.07, 6.45) is 2.09. The molecule has 5 rings (SSSR count). The number of anilines is 1. The lowest BCUT2D eigenvalue weighted by atomic mass is 9.98. The van der Waals surface area contributed by atoms with Gasteiger partial charge in [0.1, 0.15) is 17.7 Å². The van der Waals surface area contributed by atoms with Crippen molar-refractivity contribution in [2.45, 2.75) is 37.9 Å². The van der Waals surface area contributed by atoms with Crippen molar-refractivity contribution in [1.29, 1.82) is 0 Å². The lowest BCUT2D eigenvalue weighted by molar-refractivity contribution is -0.128. The third kappa shape index (κ3) is 6.13. The molecule has 3 aromatic carbocycles. The molecule has 202 valence electrons. The number of nitrogens with two attached hydrogens (primary N) is 1. The second-order valence-electron chi connectivity index (χ2n) is 9.89. The normalized spacial score (nSPS) is 15.3. The van der Waals surface area contributed by atoms with Crippen LogP contribution in [0, 0.1) is 5.82 Å². The van der Waals surface area contributed by atoms with Gasteiger partial charge in [0.25, 0.3) is 5.91 Å². The van der Waals surface area contributed by atoms with Crippen LogP contribution in [-0.2, 0) is 29.0 Å². The van der Waals surface area contributed by atoms with Crippen LogP contribution >= 0.6 is 0 Å². The van der Waals surface area contributed by atoms with Crippen LogP contribution in [0.15, 0.2) is 97.2 Å². The Morgan fingerprint density at radius 2 is 1.65 bits per heavy atom. The van der Waals surface area contributed by atoms with E-state index < -0.39 is 12.1 Å². The van der Waals surface area contributed by atoms with E-state index in [1.54, 1.807) is 59.6 Å². The zero-order valence-corrected chi connectivity index (χ0v) is 21.8. The third-order valence-electron chi connectivity index (χ3n) is 6.93. The quantitative estimate of drug-likeness (QED) is 0.315. The Kier molecular flexibility index (Phi) is 8.07. The van der Waals surface area contributed by atoms with Crippen LogP contribution in [0.3, 0.4) is 0 Å². The van der Waals surface area contributed by atoms with Gasteiger partial charge < -0.3 is 11.1 Å². The first-order valence-corrected chi connectivity index (χ1v) is 13.1. The fourth-order valence-electron chi connectivity index (χ4n) is 4.91. The highest BCUT2D eigenvalue weighted by molar-refractivity contribution is 6.09. The molecule has 2 amide bonds. The number of benzene rings is 3. The van der Waals surface area contributed by atoms with Gasteiger partial charge in [-0.3, -0.25) is 19.3 Å². The Bertz CT molecular complexity index is 1520. The maximum atomic E-state index is 14.0. The van der Waals surface area contributed by atoms with Crippen LogP contribution in [0.2, 0.25) is 0 Å². The molecule has 8 heteroatoms. The molecule has 2 atom stereocenters. The second kappa shape index (κ2) is 12.0. The molecule has 0 spiro atoms. The molecule has 4 aromatic rings. The molecular formula is C32H29FN4O3. The molecule has 0 radical (unpaired) electrons. The Hall–Kier alpha value is -4.69. The van der Waals surface area contributed by atoms with E-state index in [0.717, 1.165) is 11.1 Å². The first kappa shape index (κ1) is 26.9. The zero-order valence-electron chi connectivity index (χ0n) is 21.8. The number of amides is 2. The summed E-state index contributed by atoms with van der Waals surface area (Å²) in [6, 6.07) is 24.8. The van der Waals surface area contributed by atoms with Crippen molar-refractivity contribution in [3.8, 4) is 0 Å². The Balaban J connectivity index is 1.27. The van der Waals surface area contributed by atoms with Gasteiger partial charge in [0.15, 0.2) is 5.78 Å². The smallest absolute Gasteiger partial charge is 0.251 e. The number of carbonyl (C=O) groups excluding carboxylic acids is 3. The molecule has 1 aromatic heterocycles. The fourth-order valence-corrected chi connectivity index (χ4v) is 4.91. The maximum Gasteiger partial charge on any atom is 0.251 e. The van der Waals surface area contributed by atoms with Gasteiger partial charge in [-0.05, 0) is 35.2 Å². The van der Waals surface area contributed by atoms with E-state index in [4.69, 9.17) is 5.73 Å². The lowest BCUT2D eigenvalue weighted by Crippen LogP contribution is -2.53. The van der Waals surface area contributed by atoms with Crippen molar-refractivity contribution in [3.63, 3.8) is 0 Å². The predicted octanol–water partition coefficient (Wildman–Crippen LogP) is 3.99. The van der Waals surface area contributed by atoms with Crippen molar-refractivity contribution in [1.82, 2.24) is 10.3 Å². The number of fused-ring (bicyclic) bond motifs is 1. The minimum Gasteiger partial charge on any atom is -0.344 e. The molecule has 40 heavy (non-hydrogen) atoms. The summed E-state index contributed by atoms with van der Waals surface area (Å²) < 4.78 is 14.0. The summed E-state index contributed by atoms with van der Waals surface area (Å²) in [5.74, 6) is -0.564. The van der Waals surface area contributed by atoms with Gasteiger partial charge in [-0.1, -0.05) is 78.9 Å². The van der Waals surface area contributed by atoms with Crippen molar-refractivity contribution in [2.24, 2.45) is 5.73 Å².